The first-order valence-electron chi connectivity index (χ1n) is 11.4. The lowest BCUT2D eigenvalue weighted by Gasteiger charge is -2.26. The molecule has 1 saturated carbocycles. The molecule has 4 rings (SSSR count). The highest BCUT2D eigenvalue weighted by molar-refractivity contribution is 6.01. The Morgan fingerprint density at radius 2 is 2.08 bits per heavy atom. The number of nitrogens with zero attached hydrogens (tertiary/aromatic N) is 4. The third-order valence-corrected chi connectivity index (χ3v) is 6.28. The van der Waals surface area contributed by atoms with Gasteiger partial charge in [0.05, 0.1) is 17.9 Å². The fourth-order valence-corrected chi connectivity index (χ4v) is 4.16. The number of halogens is 3. The van der Waals surface area contributed by atoms with E-state index in [2.05, 4.69) is 14.8 Å². The molecular formula is C24H26F3N5O4. The second kappa shape index (κ2) is 9.76. The van der Waals surface area contributed by atoms with E-state index in [1.54, 1.807) is 13.0 Å². The van der Waals surface area contributed by atoms with Crippen LogP contribution in [-0.2, 0) is 11.3 Å². The largest absolute Gasteiger partial charge is 0.573 e. The van der Waals surface area contributed by atoms with Crippen molar-refractivity contribution in [3.8, 4) is 17.0 Å². The Morgan fingerprint density at radius 3 is 2.69 bits per heavy atom. The fraction of sp³-hybridized carbons (Fsp3) is 0.417. The number of carbonyl (C=O) groups excluding carboxylic acids is 2. The van der Waals surface area contributed by atoms with Crippen molar-refractivity contribution in [1.29, 1.82) is 0 Å². The number of alkyl halides is 3. The maximum atomic E-state index is 13.2. The van der Waals surface area contributed by atoms with Gasteiger partial charge >= 0.3 is 12.3 Å². The predicted octanol–water partition coefficient (Wildman–Crippen LogP) is 4.10. The Labute approximate surface area is 205 Å². The number of hydrogen-bond donors (Lipinski definition) is 1. The van der Waals surface area contributed by atoms with Crippen molar-refractivity contribution >= 4 is 23.7 Å². The number of fused-ring (bicyclic) bond motifs is 1. The third kappa shape index (κ3) is 5.27. The monoisotopic (exact) mass is 505 g/mol. The molecule has 0 amide bonds. The first kappa shape index (κ1) is 25.4. The first-order valence-corrected chi connectivity index (χ1v) is 11.4. The van der Waals surface area contributed by atoms with E-state index in [4.69, 9.17) is 10.5 Å². The summed E-state index contributed by atoms with van der Waals surface area (Å²) >= 11 is 0. The van der Waals surface area contributed by atoms with Crippen molar-refractivity contribution in [2.75, 3.05) is 19.4 Å². The minimum absolute atomic E-state index is 0.0480. The SMILES string of the molecule is CCOC(=O)c1c(N)nn2ccc(-c3cc(CN(C)C(C)C4CC4)c(C=O)c(OC(F)(F)F)c3)nc12. The number of aromatic nitrogens is 3. The van der Waals surface area contributed by atoms with Gasteiger partial charge in [-0.05, 0) is 63.4 Å². The number of esters is 1. The molecule has 0 bridgehead atoms. The molecule has 1 fully saturated rings. The highest BCUT2D eigenvalue weighted by Gasteiger charge is 2.34. The van der Waals surface area contributed by atoms with E-state index in [1.165, 1.54) is 16.8 Å². The van der Waals surface area contributed by atoms with Gasteiger partial charge in [-0.3, -0.25) is 9.69 Å². The average molecular weight is 505 g/mol. The lowest BCUT2D eigenvalue weighted by Crippen LogP contribution is -2.30. The second-order valence-corrected chi connectivity index (χ2v) is 8.77. The molecule has 0 radical (unpaired) electrons. The van der Waals surface area contributed by atoms with Gasteiger partial charge in [0, 0.05) is 24.3 Å². The molecule has 12 heteroatoms. The van der Waals surface area contributed by atoms with E-state index in [0.717, 1.165) is 18.9 Å². The summed E-state index contributed by atoms with van der Waals surface area (Å²) in [6.45, 7) is 4.02. The molecule has 36 heavy (non-hydrogen) atoms. The first-order chi connectivity index (χ1) is 17.0. The number of hydrogen-bond acceptors (Lipinski definition) is 8. The van der Waals surface area contributed by atoms with E-state index in [0.29, 0.717) is 17.8 Å². The number of ether oxygens (including phenoxy) is 2. The van der Waals surface area contributed by atoms with Crippen LogP contribution in [0.4, 0.5) is 19.0 Å². The van der Waals surface area contributed by atoms with Crippen LogP contribution < -0.4 is 10.5 Å². The van der Waals surface area contributed by atoms with E-state index in [-0.39, 0.29) is 53.0 Å². The number of anilines is 1. The molecule has 2 aromatic heterocycles. The molecule has 2 heterocycles. The Morgan fingerprint density at radius 1 is 1.36 bits per heavy atom. The van der Waals surface area contributed by atoms with Gasteiger partial charge in [0.25, 0.3) is 0 Å². The van der Waals surface area contributed by atoms with E-state index >= 15 is 0 Å². The maximum absolute atomic E-state index is 13.2. The summed E-state index contributed by atoms with van der Waals surface area (Å²) in [4.78, 5) is 30.7. The maximum Gasteiger partial charge on any atom is 0.573 e. The number of rotatable bonds is 9. The predicted molar refractivity (Wildman–Crippen MR) is 125 cm³/mol. The van der Waals surface area contributed by atoms with Gasteiger partial charge in [0.15, 0.2) is 17.8 Å². The van der Waals surface area contributed by atoms with Gasteiger partial charge in [0.2, 0.25) is 0 Å². The van der Waals surface area contributed by atoms with Crippen LogP contribution in [0.25, 0.3) is 16.9 Å². The van der Waals surface area contributed by atoms with Crippen molar-refractivity contribution < 1.29 is 32.2 Å². The molecule has 0 spiro atoms. The standard InChI is InChI=1S/C24H26F3N5O4/c1-4-35-23(34)20-21(28)30-32-8-7-18(29-22(20)32)15-9-16(11-31(3)13(2)14-5-6-14)17(12-33)19(10-15)36-24(25,26)27/h7-10,12-14H,4-6,11H2,1-3H3,(H2,28,30). The highest BCUT2D eigenvalue weighted by Crippen LogP contribution is 2.37. The number of aldehydes is 1. The van der Waals surface area contributed by atoms with Crippen LogP contribution >= 0.6 is 0 Å². The van der Waals surface area contributed by atoms with Crippen LogP contribution in [0.15, 0.2) is 24.4 Å². The molecule has 1 aromatic carbocycles. The van der Waals surface area contributed by atoms with Gasteiger partial charge < -0.3 is 15.2 Å². The van der Waals surface area contributed by atoms with Crippen molar-refractivity contribution in [1.82, 2.24) is 19.5 Å². The van der Waals surface area contributed by atoms with Crippen LogP contribution in [0.1, 0.15) is 53.0 Å². The topological polar surface area (TPSA) is 112 Å². The lowest BCUT2D eigenvalue weighted by atomic mass is 10.00. The van der Waals surface area contributed by atoms with Crippen LogP contribution in [0.3, 0.4) is 0 Å². The molecule has 0 aliphatic heterocycles. The van der Waals surface area contributed by atoms with E-state index < -0.39 is 18.1 Å². The quantitative estimate of drug-likeness (QED) is 0.342. The molecule has 1 atom stereocenters. The van der Waals surface area contributed by atoms with Gasteiger partial charge in [-0.1, -0.05) is 0 Å². The van der Waals surface area contributed by atoms with Gasteiger partial charge in [0.1, 0.15) is 11.3 Å². The second-order valence-electron chi connectivity index (χ2n) is 8.77. The molecule has 9 nitrogen and oxygen atoms in total. The zero-order valence-electron chi connectivity index (χ0n) is 20.0. The van der Waals surface area contributed by atoms with Gasteiger partial charge in [-0.2, -0.15) is 0 Å². The Balaban J connectivity index is 1.83. The molecule has 192 valence electrons. The van der Waals surface area contributed by atoms with Crippen LogP contribution in [0.5, 0.6) is 5.75 Å². The van der Waals surface area contributed by atoms with Crippen LogP contribution in [-0.4, -0.2) is 57.8 Å². The Hall–Kier alpha value is -3.67. The summed E-state index contributed by atoms with van der Waals surface area (Å²) in [5.74, 6) is -0.922. The summed E-state index contributed by atoms with van der Waals surface area (Å²) in [6.07, 6.45) is -0.973. The zero-order chi connectivity index (χ0) is 26.2. The van der Waals surface area contributed by atoms with Crippen molar-refractivity contribution in [2.45, 2.75) is 45.6 Å². The summed E-state index contributed by atoms with van der Waals surface area (Å²) in [5.41, 5.74) is 6.58. The molecule has 1 unspecified atom stereocenters. The van der Waals surface area contributed by atoms with Crippen LogP contribution in [0, 0.1) is 5.92 Å². The van der Waals surface area contributed by atoms with Gasteiger partial charge in [-0.25, -0.2) is 14.3 Å². The van der Waals surface area contributed by atoms with Gasteiger partial charge in [-0.15, -0.1) is 18.3 Å². The van der Waals surface area contributed by atoms with Crippen molar-refractivity contribution in [2.24, 2.45) is 5.92 Å². The summed E-state index contributed by atoms with van der Waals surface area (Å²) < 4.78 is 50.2. The molecule has 3 aromatic rings. The molecule has 2 N–H and O–H groups in total. The summed E-state index contributed by atoms with van der Waals surface area (Å²) in [6, 6.07) is 4.41. The van der Waals surface area contributed by atoms with E-state index in [1.807, 2.05) is 18.9 Å². The van der Waals surface area contributed by atoms with Crippen molar-refractivity contribution in [3.05, 3.63) is 41.1 Å². The molecule has 1 aliphatic carbocycles. The minimum Gasteiger partial charge on any atom is -0.462 e. The smallest absolute Gasteiger partial charge is 0.462 e. The molecular weight excluding hydrogens is 479 g/mol. The number of nitrogens with two attached hydrogens (primary N) is 1. The molecule has 0 saturated heterocycles. The van der Waals surface area contributed by atoms with Crippen LogP contribution in [0.2, 0.25) is 0 Å². The minimum atomic E-state index is -5.00. The number of nitrogen functional groups attached to an aromatic ring is 1. The lowest BCUT2D eigenvalue weighted by molar-refractivity contribution is -0.274. The zero-order valence-corrected chi connectivity index (χ0v) is 20.0. The average Bonchev–Trinajstić information content (AvgIpc) is 3.59. The summed E-state index contributed by atoms with van der Waals surface area (Å²) in [7, 11) is 1.86. The number of carbonyl (C=O) groups is 2. The number of benzene rings is 1. The van der Waals surface area contributed by atoms with E-state index in [9.17, 15) is 22.8 Å². The third-order valence-electron chi connectivity index (χ3n) is 6.28. The Bertz CT molecular complexity index is 1300. The normalized spacial score (nSPS) is 14.8. The van der Waals surface area contributed by atoms with Crippen molar-refractivity contribution in [3.63, 3.8) is 0 Å². The highest BCUT2D eigenvalue weighted by atomic mass is 19.4. The fourth-order valence-electron chi connectivity index (χ4n) is 4.16. The Kier molecular flexibility index (Phi) is 6.90. The summed E-state index contributed by atoms with van der Waals surface area (Å²) in [5, 5.41) is 4.05. The molecule has 1 aliphatic rings.